The first-order valence-corrected chi connectivity index (χ1v) is 7.92. The molecule has 0 aromatic carbocycles. The van der Waals surface area contributed by atoms with E-state index < -0.39 is 0 Å². The predicted octanol–water partition coefficient (Wildman–Crippen LogP) is 2.30. The Balaban J connectivity index is 1.91. The van der Waals surface area contributed by atoms with Gasteiger partial charge in [-0.2, -0.15) is 0 Å². The first-order valence-electron chi connectivity index (χ1n) is 7.92. The lowest BCUT2D eigenvalue weighted by Gasteiger charge is -2.41. The number of nitrogens with one attached hydrogen (secondary N) is 1. The Morgan fingerprint density at radius 2 is 1.89 bits per heavy atom. The van der Waals surface area contributed by atoms with Crippen molar-refractivity contribution < 1.29 is 4.79 Å². The molecule has 2 aliphatic rings. The number of amides is 2. The number of piperidine rings is 2. The first-order chi connectivity index (χ1) is 9.22. The highest BCUT2D eigenvalue weighted by atomic mass is 16.2. The summed E-state index contributed by atoms with van der Waals surface area (Å²) in [5, 5.41) is 3.21. The minimum Gasteiger partial charge on any atom is -0.325 e. The number of urea groups is 1. The van der Waals surface area contributed by atoms with Crippen molar-refractivity contribution in [2.45, 2.75) is 51.5 Å². The van der Waals surface area contributed by atoms with E-state index in [0.717, 1.165) is 38.5 Å². The minimum absolute atomic E-state index is 0.299. The van der Waals surface area contributed by atoms with Gasteiger partial charge in [0.1, 0.15) is 0 Å². The van der Waals surface area contributed by atoms with E-state index in [1.54, 1.807) is 0 Å². The van der Waals surface area contributed by atoms with Crippen LogP contribution in [0.1, 0.15) is 45.4 Å². The topological polar surface area (TPSA) is 35.6 Å². The quantitative estimate of drug-likeness (QED) is 0.851. The number of likely N-dealkylation sites (tertiary alicyclic amines) is 2. The Kier molecular flexibility index (Phi) is 5.49. The summed E-state index contributed by atoms with van der Waals surface area (Å²) in [5.74, 6) is 0.783. The molecule has 2 aliphatic heterocycles. The van der Waals surface area contributed by atoms with Gasteiger partial charge in [-0.15, -0.1) is 0 Å². The maximum absolute atomic E-state index is 12.7. The van der Waals surface area contributed by atoms with Gasteiger partial charge >= 0.3 is 6.03 Å². The molecular formula is C15H29N3O. The van der Waals surface area contributed by atoms with E-state index >= 15 is 0 Å². The molecule has 0 spiro atoms. The molecule has 2 heterocycles. The molecule has 0 aliphatic carbocycles. The summed E-state index contributed by atoms with van der Waals surface area (Å²) in [5.41, 5.74) is 0. The molecule has 110 valence electrons. The largest absolute Gasteiger partial charge is 0.325 e. The molecule has 1 atom stereocenters. The smallest absolute Gasteiger partial charge is 0.320 e. The fourth-order valence-corrected chi connectivity index (χ4v) is 3.24. The van der Waals surface area contributed by atoms with Crippen LogP contribution in [0.3, 0.4) is 0 Å². The third-order valence-corrected chi connectivity index (χ3v) is 4.65. The first kappa shape index (κ1) is 14.6. The Morgan fingerprint density at radius 1 is 1.16 bits per heavy atom. The van der Waals surface area contributed by atoms with E-state index in [1.807, 2.05) is 7.05 Å². The summed E-state index contributed by atoms with van der Waals surface area (Å²) in [7, 11) is 1.99. The van der Waals surface area contributed by atoms with Crippen LogP contribution in [0, 0.1) is 5.92 Å². The molecule has 4 nitrogen and oxygen atoms in total. The Bertz CT molecular complexity index is 287. The molecule has 1 unspecified atom stereocenters. The fourth-order valence-electron chi connectivity index (χ4n) is 3.24. The van der Waals surface area contributed by atoms with Crippen molar-refractivity contribution in [2.75, 3.05) is 33.2 Å². The number of nitrogens with zero attached hydrogens (tertiary/aromatic N) is 2. The van der Waals surface area contributed by atoms with Crippen molar-refractivity contribution in [2.24, 2.45) is 5.92 Å². The second-order valence-electron chi connectivity index (χ2n) is 6.19. The lowest BCUT2D eigenvalue weighted by molar-refractivity contribution is 0.100. The summed E-state index contributed by atoms with van der Waals surface area (Å²) >= 11 is 0. The Morgan fingerprint density at radius 3 is 2.58 bits per heavy atom. The maximum Gasteiger partial charge on any atom is 0.320 e. The van der Waals surface area contributed by atoms with Gasteiger partial charge < -0.3 is 15.1 Å². The third-order valence-electron chi connectivity index (χ3n) is 4.65. The SMILES string of the molecule is CNCCC1CCCCN1C(=O)N1CCC(C)CC1. The van der Waals surface area contributed by atoms with Crippen molar-refractivity contribution in [3.8, 4) is 0 Å². The second kappa shape index (κ2) is 7.13. The molecule has 1 N–H and O–H groups in total. The van der Waals surface area contributed by atoms with Crippen LogP contribution in [-0.2, 0) is 0 Å². The molecule has 19 heavy (non-hydrogen) atoms. The molecular weight excluding hydrogens is 238 g/mol. The monoisotopic (exact) mass is 267 g/mol. The molecule has 0 aromatic rings. The van der Waals surface area contributed by atoms with E-state index in [9.17, 15) is 4.79 Å². The second-order valence-corrected chi connectivity index (χ2v) is 6.19. The van der Waals surface area contributed by atoms with E-state index in [4.69, 9.17) is 0 Å². The summed E-state index contributed by atoms with van der Waals surface area (Å²) in [6, 6.07) is 0.751. The number of hydrogen-bond donors (Lipinski definition) is 1. The molecule has 0 aromatic heterocycles. The van der Waals surface area contributed by atoms with Gasteiger partial charge in [0.2, 0.25) is 0 Å². The summed E-state index contributed by atoms with van der Waals surface area (Å²) in [6.45, 7) is 6.16. The van der Waals surface area contributed by atoms with Crippen LogP contribution in [0.15, 0.2) is 0 Å². The number of carbonyl (C=O) groups excluding carboxylic acids is 1. The average molecular weight is 267 g/mol. The highest BCUT2D eigenvalue weighted by molar-refractivity contribution is 5.75. The lowest BCUT2D eigenvalue weighted by atomic mass is 9.98. The highest BCUT2D eigenvalue weighted by Crippen LogP contribution is 2.23. The molecule has 0 radical (unpaired) electrons. The molecule has 0 saturated carbocycles. The highest BCUT2D eigenvalue weighted by Gasteiger charge is 2.30. The van der Waals surface area contributed by atoms with E-state index in [-0.39, 0.29) is 0 Å². The van der Waals surface area contributed by atoms with Crippen LogP contribution in [0.5, 0.6) is 0 Å². The van der Waals surface area contributed by atoms with Gasteiger partial charge in [0, 0.05) is 25.7 Å². The fraction of sp³-hybridized carbons (Fsp3) is 0.933. The summed E-state index contributed by atoms with van der Waals surface area (Å²) < 4.78 is 0. The van der Waals surface area contributed by atoms with Crippen molar-refractivity contribution in [1.29, 1.82) is 0 Å². The van der Waals surface area contributed by atoms with Gasteiger partial charge in [0.15, 0.2) is 0 Å². The average Bonchev–Trinajstić information content (AvgIpc) is 2.45. The zero-order valence-corrected chi connectivity index (χ0v) is 12.5. The standard InChI is InChI=1S/C15H29N3O/c1-13-7-11-17(12-8-13)15(19)18-10-4-3-5-14(18)6-9-16-2/h13-14,16H,3-12H2,1-2H3. The van der Waals surface area contributed by atoms with Crippen molar-refractivity contribution in [3.05, 3.63) is 0 Å². The third kappa shape index (κ3) is 3.85. The van der Waals surface area contributed by atoms with Crippen molar-refractivity contribution in [1.82, 2.24) is 15.1 Å². The molecule has 4 heteroatoms. The van der Waals surface area contributed by atoms with E-state index in [1.165, 1.54) is 32.1 Å². The van der Waals surface area contributed by atoms with Gasteiger partial charge in [-0.25, -0.2) is 4.79 Å². The van der Waals surface area contributed by atoms with E-state index in [2.05, 4.69) is 22.0 Å². The molecule has 2 saturated heterocycles. The Hall–Kier alpha value is -0.770. The molecule has 2 amide bonds. The van der Waals surface area contributed by atoms with Gasteiger partial charge in [-0.3, -0.25) is 0 Å². The van der Waals surface area contributed by atoms with Crippen LogP contribution < -0.4 is 5.32 Å². The van der Waals surface area contributed by atoms with Gasteiger partial charge in [-0.05, 0) is 58.0 Å². The lowest BCUT2D eigenvalue weighted by Crippen LogP contribution is -2.52. The molecule has 0 bridgehead atoms. The minimum atomic E-state index is 0.299. The van der Waals surface area contributed by atoms with Crippen LogP contribution in [0.25, 0.3) is 0 Å². The van der Waals surface area contributed by atoms with Gasteiger partial charge in [0.05, 0.1) is 0 Å². The normalized spacial score (nSPS) is 25.7. The summed E-state index contributed by atoms with van der Waals surface area (Å²) in [4.78, 5) is 16.9. The van der Waals surface area contributed by atoms with E-state index in [0.29, 0.717) is 12.1 Å². The summed E-state index contributed by atoms with van der Waals surface area (Å²) in [6.07, 6.45) is 7.05. The number of hydrogen-bond acceptors (Lipinski definition) is 2. The zero-order chi connectivity index (χ0) is 13.7. The molecule has 2 fully saturated rings. The molecule has 2 rings (SSSR count). The van der Waals surface area contributed by atoms with Crippen LogP contribution >= 0.6 is 0 Å². The number of rotatable bonds is 3. The number of carbonyl (C=O) groups is 1. The van der Waals surface area contributed by atoms with Crippen molar-refractivity contribution >= 4 is 6.03 Å². The zero-order valence-electron chi connectivity index (χ0n) is 12.5. The van der Waals surface area contributed by atoms with Crippen LogP contribution in [0.2, 0.25) is 0 Å². The predicted molar refractivity (Wildman–Crippen MR) is 78.3 cm³/mol. The van der Waals surface area contributed by atoms with Gasteiger partial charge in [-0.1, -0.05) is 6.92 Å². The Labute approximate surface area is 117 Å². The van der Waals surface area contributed by atoms with Crippen molar-refractivity contribution in [3.63, 3.8) is 0 Å². The van der Waals surface area contributed by atoms with Crippen LogP contribution in [0.4, 0.5) is 4.79 Å². The van der Waals surface area contributed by atoms with Crippen LogP contribution in [-0.4, -0.2) is 55.1 Å². The van der Waals surface area contributed by atoms with Gasteiger partial charge in [0.25, 0.3) is 0 Å². The maximum atomic E-state index is 12.7.